The Kier molecular flexibility index (Phi) is 5.80. The highest BCUT2D eigenvalue weighted by atomic mass is 32.1. The number of esters is 1. The van der Waals surface area contributed by atoms with Gasteiger partial charge in [0.05, 0.1) is 29.3 Å². The number of amides is 1. The molecule has 186 valence electrons. The highest BCUT2D eigenvalue weighted by molar-refractivity contribution is 7.17. The van der Waals surface area contributed by atoms with Crippen molar-refractivity contribution in [1.82, 2.24) is 4.98 Å². The average molecular weight is 519 g/mol. The zero-order chi connectivity index (χ0) is 26.4. The number of nitro groups is 1. The number of thiazole rings is 1. The third-order valence-corrected chi connectivity index (χ3v) is 7.00. The SMILES string of the molecule is COC(=O)c1sc(N2C(=O)C(O)=C(C(=O)c3cc4ccccc4o3)C2c2cccc([N+](=O)[O-])c2)nc1C. The maximum atomic E-state index is 13.7. The summed E-state index contributed by atoms with van der Waals surface area (Å²) < 4.78 is 10.4. The maximum absolute atomic E-state index is 13.7. The Labute approximate surface area is 212 Å². The third kappa shape index (κ3) is 3.93. The lowest BCUT2D eigenvalue weighted by atomic mass is 9.95. The lowest BCUT2D eigenvalue weighted by Gasteiger charge is -2.24. The van der Waals surface area contributed by atoms with E-state index in [2.05, 4.69) is 4.98 Å². The van der Waals surface area contributed by atoms with Gasteiger partial charge < -0.3 is 14.3 Å². The molecule has 3 heterocycles. The topological polar surface area (TPSA) is 153 Å². The fourth-order valence-electron chi connectivity index (χ4n) is 4.15. The third-order valence-electron chi connectivity index (χ3n) is 5.86. The summed E-state index contributed by atoms with van der Waals surface area (Å²) in [5, 5.41) is 23.0. The number of Topliss-reactive ketones (excluding diaryl/α,β-unsaturated/α-hetero) is 1. The van der Waals surface area contributed by atoms with Gasteiger partial charge in [-0.3, -0.25) is 24.6 Å². The number of nitrogens with zero attached hydrogens (tertiary/aromatic N) is 3. The number of carbonyl (C=O) groups is 3. The van der Waals surface area contributed by atoms with Crippen LogP contribution in [-0.4, -0.2) is 39.8 Å². The van der Waals surface area contributed by atoms with Crippen molar-refractivity contribution in [2.24, 2.45) is 0 Å². The molecule has 0 radical (unpaired) electrons. The number of fused-ring (bicyclic) bond motifs is 1. The number of benzene rings is 2. The van der Waals surface area contributed by atoms with E-state index >= 15 is 0 Å². The number of aliphatic hydroxyl groups excluding tert-OH is 1. The van der Waals surface area contributed by atoms with Gasteiger partial charge in [0.1, 0.15) is 10.5 Å². The van der Waals surface area contributed by atoms with Gasteiger partial charge in [-0.25, -0.2) is 9.78 Å². The molecule has 1 N–H and O–H groups in total. The molecule has 0 spiro atoms. The first kappa shape index (κ1) is 23.9. The van der Waals surface area contributed by atoms with Crippen LogP contribution in [0.4, 0.5) is 10.8 Å². The van der Waals surface area contributed by atoms with Gasteiger partial charge in [0.15, 0.2) is 16.7 Å². The summed E-state index contributed by atoms with van der Waals surface area (Å²) in [5.74, 6) is -3.38. The predicted octanol–water partition coefficient (Wildman–Crippen LogP) is 4.68. The fourth-order valence-corrected chi connectivity index (χ4v) is 5.16. The molecule has 37 heavy (non-hydrogen) atoms. The van der Waals surface area contributed by atoms with E-state index in [9.17, 15) is 29.6 Å². The summed E-state index contributed by atoms with van der Waals surface area (Å²) >= 11 is 0.831. The lowest BCUT2D eigenvalue weighted by molar-refractivity contribution is -0.384. The van der Waals surface area contributed by atoms with Crippen LogP contribution in [0.2, 0.25) is 0 Å². The Hall–Kier alpha value is -4.84. The van der Waals surface area contributed by atoms with E-state index in [4.69, 9.17) is 9.15 Å². The predicted molar refractivity (Wildman–Crippen MR) is 132 cm³/mol. The summed E-state index contributed by atoms with van der Waals surface area (Å²) in [7, 11) is 1.20. The van der Waals surface area contributed by atoms with Crippen molar-refractivity contribution in [2.45, 2.75) is 13.0 Å². The normalized spacial score (nSPS) is 15.5. The van der Waals surface area contributed by atoms with Crippen LogP contribution in [0, 0.1) is 17.0 Å². The number of aryl methyl sites for hydroxylation is 1. The number of hydrogen-bond acceptors (Lipinski definition) is 10. The maximum Gasteiger partial charge on any atom is 0.350 e. The number of hydrogen-bond donors (Lipinski definition) is 1. The van der Waals surface area contributed by atoms with Crippen LogP contribution in [-0.2, 0) is 9.53 Å². The second-order valence-electron chi connectivity index (χ2n) is 8.07. The van der Waals surface area contributed by atoms with Gasteiger partial charge in [-0.15, -0.1) is 0 Å². The van der Waals surface area contributed by atoms with E-state index < -0.39 is 34.4 Å². The van der Waals surface area contributed by atoms with E-state index in [1.807, 2.05) is 0 Å². The van der Waals surface area contributed by atoms with E-state index in [-0.39, 0.29) is 38.3 Å². The molecule has 1 amide bonds. The number of rotatable bonds is 6. The number of methoxy groups -OCH3 is 1. The Morgan fingerprint density at radius 2 is 1.95 bits per heavy atom. The molecule has 0 saturated heterocycles. The first-order chi connectivity index (χ1) is 17.7. The smallest absolute Gasteiger partial charge is 0.350 e. The van der Waals surface area contributed by atoms with E-state index in [1.54, 1.807) is 31.2 Å². The number of aromatic nitrogens is 1. The fraction of sp³-hybridized carbons (Fsp3) is 0.120. The number of para-hydroxylation sites is 1. The molecular formula is C25H17N3O8S. The largest absolute Gasteiger partial charge is 0.503 e. The highest BCUT2D eigenvalue weighted by Gasteiger charge is 2.47. The minimum absolute atomic E-state index is 0.00152. The Morgan fingerprint density at radius 1 is 1.19 bits per heavy atom. The van der Waals surface area contributed by atoms with E-state index in [1.165, 1.54) is 37.4 Å². The first-order valence-electron chi connectivity index (χ1n) is 10.8. The number of ether oxygens (including phenoxy) is 1. The summed E-state index contributed by atoms with van der Waals surface area (Å²) in [6.45, 7) is 1.54. The van der Waals surface area contributed by atoms with Crippen molar-refractivity contribution >= 4 is 50.8 Å². The van der Waals surface area contributed by atoms with Crippen LogP contribution in [0.25, 0.3) is 11.0 Å². The zero-order valence-corrected chi connectivity index (χ0v) is 20.1. The van der Waals surface area contributed by atoms with Crippen LogP contribution in [0.1, 0.15) is 37.5 Å². The van der Waals surface area contributed by atoms with Gasteiger partial charge in [0.2, 0.25) is 5.78 Å². The number of carbonyl (C=O) groups excluding carboxylic acids is 3. The molecule has 1 aliphatic rings. The molecule has 0 bridgehead atoms. The zero-order valence-electron chi connectivity index (χ0n) is 19.3. The van der Waals surface area contributed by atoms with Gasteiger partial charge in [0.25, 0.3) is 11.6 Å². The lowest BCUT2D eigenvalue weighted by Crippen LogP contribution is -2.31. The van der Waals surface area contributed by atoms with Crippen LogP contribution in [0.15, 0.2) is 70.3 Å². The van der Waals surface area contributed by atoms with Crippen molar-refractivity contribution < 1.29 is 33.6 Å². The van der Waals surface area contributed by atoms with Crippen molar-refractivity contribution in [1.29, 1.82) is 0 Å². The van der Waals surface area contributed by atoms with Gasteiger partial charge in [-0.05, 0) is 24.6 Å². The highest BCUT2D eigenvalue weighted by Crippen LogP contribution is 2.44. The van der Waals surface area contributed by atoms with Crippen molar-refractivity contribution in [3.63, 3.8) is 0 Å². The van der Waals surface area contributed by atoms with Gasteiger partial charge in [-0.1, -0.05) is 41.7 Å². The van der Waals surface area contributed by atoms with Gasteiger partial charge in [-0.2, -0.15) is 0 Å². The van der Waals surface area contributed by atoms with E-state index in [0.29, 0.717) is 11.0 Å². The van der Waals surface area contributed by atoms with Crippen LogP contribution < -0.4 is 4.90 Å². The summed E-state index contributed by atoms with van der Waals surface area (Å²) in [4.78, 5) is 55.5. The number of nitro benzene ring substituents is 1. The standard InChI is InChI=1S/C25H17N3O8S/c1-12-22(24(32)35-2)37-25(26-12)27-19(14-7-5-8-15(10-14)28(33)34)18(21(30)23(27)31)20(29)17-11-13-6-3-4-9-16(13)36-17/h3-11,19,30H,1-2H3. The number of non-ortho nitro benzene ring substituents is 1. The minimum Gasteiger partial charge on any atom is -0.503 e. The number of anilines is 1. The van der Waals surface area contributed by atoms with Gasteiger partial charge >= 0.3 is 5.97 Å². The van der Waals surface area contributed by atoms with E-state index in [0.717, 1.165) is 16.2 Å². The second-order valence-corrected chi connectivity index (χ2v) is 9.05. The molecule has 0 aliphatic carbocycles. The summed E-state index contributed by atoms with van der Waals surface area (Å²) in [6, 6.07) is 12.5. The molecule has 0 saturated carbocycles. The molecule has 5 rings (SSSR count). The average Bonchev–Trinajstić information content (AvgIpc) is 3.57. The molecule has 1 atom stereocenters. The second kappa shape index (κ2) is 8.99. The Balaban J connectivity index is 1.68. The van der Waals surface area contributed by atoms with Crippen LogP contribution in [0.3, 0.4) is 0 Å². The molecule has 1 aliphatic heterocycles. The molecule has 4 aromatic rings. The molecule has 2 aromatic carbocycles. The number of ketones is 1. The number of furan rings is 1. The Bertz CT molecular complexity index is 1620. The molecule has 2 aromatic heterocycles. The summed E-state index contributed by atoms with van der Waals surface area (Å²) in [6.07, 6.45) is 0. The van der Waals surface area contributed by atoms with Crippen molar-refractivity contribution in [3.8, 4) is 0 Å². The summed E-state index contributed by atoms with van der Waals surface area (Å²) in [5.41, 5.74) is 0.263. The van der Waals surface area contributed by atoms with Crippen LogP contribution >= 0.6 is 11.3 Å². The molecule has 11 nitrogen and oxygen atoms in total. The molecule has 1 unspecified atom stereocenters. The van der Waals surface area contributed by atoms with Crippen molar-refractivity contribution in [2.75, 3.05) is 12.0 Å². The molecular weight excluding hydrogens is 502 g/mol. The minimum atomic E-state index is -1.29. The van der Waals surface area contributed by atoms with Crippen molar-refractivity contribution in [3.05, 3.63) is 97.9 Å². The molecule has 12 heteroatoms. The van der Waals surface area contributed by atoms with Gasteiger partial charge in [0, 0.05) is 17.5 Å². The first-order valence-corrected chi connectivity index (χ1v) is 11.6. The Morgan fingerprint density at radius 3 is 2.65 bits per heavy atom. The molecule has 0 fully saturated rings. The van der Waals surface area contributed by atoms with Crippen LogP contribution in [0.5, 0.6) is 0 Å². The monoisotopic (exact) mass is 519 g/mol. The quantitative estimate of drug-likeness (QED) is 0.166. The number of aliphatic hydroxyl groups is 1.